The van der Waals surface area contributed by atoms with Gasteiger partial charge >= 0.3 is 0 Å². The quantitative estimate of drug-likeness (QED) is 0.349. The molecule has 2 saturated heterocycles. The van der Waals surface area contributed by atoms with Gasteiger partial charge in [0.25, 0.3) is 0 Å². The number of thioether (sulfide) groups is 1. The SMILES string of the molecule is CC(C)CC(=O)N1CCN(c2cc(Cl)nc(SCC(=O)N3CC(C)OC(C)C3)n2)CC1C. The molecule has 0 aromatic carbocycles. The Bertz CT molecular complexity index is 817. The van der Waals surface area contributed by atoms with Crippen LogP contribution in [-0.2, 0) is 14.3 Å². The van der Waals surface area contributed by atoms with Crippen LogP contribution in [0.4, 0.5) is 5.82 Å². The zero-order chi connectivity index (χ0) is 23.4. The van der Waals surface area contributed by atoms with E-state index in [2.05, 4.69) is 35.6 Å². The Morgan fingerprint density at radius 1 is 1.12 bits per heavy atom. The van der Waals surface area contributed by atoms with Crippen molar-refractivity contribution in [1.82, 2.24) is 19.8 Å². The average Bonchev–Trinajstić information content (AvgIpc) is 2.70. The highest BCUT2D eigenvalue weighted by Crippen LogP contribution is 2.25. The van der Waals surface area contributed by atoms with Crippen LogP contribution in [0.25, 0.3) is 0 Å². The molecule has 0 saturated carbocycles. The summed E-state index contributed by atoms with van der Waals surface area (Å²) in [4.78, 5) is 40.1. The molecule has 10 heteroatoms. The van der Waals surface area contributed by atoms with Crippen molar-refractivity contribution in [2.45, 2.75) is 64.4 Å². The van der Waals surface area contributed by atoms with E-state index in [1.165, 1.54) is 11.8 Å². The predicted molar refractivity (Wildman–Crippen MR) is 127 cm³/mol. The smallest absolute Gasteiger partial charge is 0.233 e. The monoisotopic (exact) mass is 483 g/mol. The molecule has 0 aliphatic carbocycles. The number of nitrogens with zero attached hydrogens (tertiary/aromatic N) is 5. The standard InChI is InChI=1S/C22H34ClN5O3S/c1-14(2)8-20(29)28-7-6-26(10-15(28)3)19-9-18(23)24-22(25-19)32-13-21(30)27-11-16(4)31-17(5)12-27/h9,14-17H,6-8,10-13H2,1-5H3. The van der Waals surface area contributed by atoms with Crippen molar-refractivity contribution in [3.05, 3.63) is 11.2 Å². The molecule has 8 nitrogen and oxygen atoms in total. The van der Waals surface area contributed by atoms with E-state index in [4.69, 9.17) is 16.3 Å². The van der Waals surface area contributed by atoms with E-state index in [0.717, 1.165) is 5.82 Å². The van der Waals surface area contributed by atoms with Gasteiger partial charge in [-0.25, -0.2) is 9.97 Å². The number of aromatic nitrogens is 2. The maximum atomic E-state index is 12.7. The van der Waals surface area contributed by atoms with Gasteiger partial charge in [-0.2, -0.15) is 0 Å². The lowest BCUT2D eigenvalue weighted by molar-refractivity contribution is -0.140. The maximum Gasteiger partial charge on any atom is 0.233 e. The fourth-order valence-corrected chi connectivity index (χ4v) is 5.20. The average molecular weight is 484 g/mol. The molecule has 0 N–H and O–H groups in total. The molecule has 3 rings (SSSR count). The molecule has 2 fully saturated rings. The third kappa shape index (κ3) is 6.71. The molecular formula is C22H34ClN5O3S. The van der Waals surface area contributed by atoms with Gasteiger partial charge in [0.05, 0.1) is 18.0 Å². The first-order valence-corrected chi connectivity index (χ1v) is 12.6. The van der Waals surface area contributed by atoms with Crippen LogP contribution in [0.15, 0.2) is 11.2 Å². The van der Waals surface area contributed by atoms with Crippen molar-refractivity contribution in [2.75, 3.05) is 43.4 Å². The Balaban J connectivity index is 1.60. The number of hydrogen-bond acceptors (Lipinski definition) is 7. The van der Waals surface area contributed by atoms with Gasteiger partial charge in [-0.15, -0.1) is 0 Å². The van der Waals surface area contributed by atoms with Crippen LogP contribution in [0.2, 0.25) is 5.15 Å². The number of amides is 2. The van der Waals surface area contributed by atoms with Gasteiger partial charge in [-0.3, -0.25) is 9.59 Å². The number of piperazine rings is 1. The van der Waals surface area contributed by atoms with Crippen molar-refractivity contribution in [3.63, 3.8) is 0 Å². The van der Waals surface area contributed by atoms with Crippen LogP contribution < -0.4 is 4.90 Å². The lowest BCUT2D eigenvalue weighted by Gasteiger charge is -2.40. The predicted octanol–water partition coefficient (Wildman–Crippen LogP) is 2.94. The Labute approximate surface area is 200 Å². The van der Waals surface area contributed by atoms with Gasteiger partial charge in [0.1, 0.15) is 11.0 Å². The summed E-state index contributed by atoms with van der Waals surface area (Å²) in [5, 5.41) is 0.839. The van der Waals surface area contributed by atoms with Crippen LogP contribution >= 0.6 is 23.4 Å². The Morgan fingerprint density at radius 3 is 2.44 bits per heavy atom. The van der Waals surface area contributed by atoms with Crippen LogP contribution in [0.1, 0.15) is 41.0 Å². The normalized spacial score (nSPS) is 24.2. The number of carbonyl (C=O) groups is 2. The third-order valence-corrected chi connectivity index (χ3v) is 6.64. The topological polar surface area (TPSA) is 78.9 Å². The molecule has 3 unspecified atom stereocenters. The number of morpholine rings is 1. The van der Waals surface area contributed by atoms with Crippen LogP contribution in [0, 0.1) is 5.92 Å². The number of carbonyl (C=O) groups excluding carboxylic acids is 2. The number of anilines is 1. The molecule has 3 heterocycles. The summed E-state index contributed by atoms with van der Waals surface area (Å²) in [6.45, 7) is 13.4. The molecule has 32 heavy (non-hydrogen) atoms. The van der Waals surface area contributed by atoms with E-state index in [1.807, 2.05) is 23.6 Å². The lowest BCUT2D eigenvalue weighted by Crippen LogP contribution is -2.54. The minimum Gasteiger partial charge on any atom is -0.372 e. The zero-order valence-corrected chi connectivity index (χ0v) is 21.2. The van der Waals surface area contributed by atoms with Crippen LogP contribution in [-0.4, -0.2) is 88.3 Å². The summed E-state index contributed by atoms with van der Waals surface area (Å²) >= 11 is 7.58. The molecule has 2 aliphatic rings. The Hall–Kier alpha value is -1.58. The molecule has 1 aromatic heterocycles. The van der Waals surface area contributed by atoms with E-state index in [1.54, 1.807) is 6.07 Å². The molecule has 2 amide bonds. The summed E-state index contributed by atoms with van der Waals surface area (Å²) in [7, 11) is 0. The molecule has 3 atom stereocenters. The second-order valence-electron chi connectivity index (χ2n) is 9.16. The summed E-state index contributed by atoms with van der Waals surface area (Å²) < 4.78 is 5.70. The van der Waals surface area contributed by atoms with Crippen LogP contribution in [0.3, 0.4) is 0 Å². The maximum absolute atomic E-state index is 12.7. The highest BCUT2D eigenvalue weighted by Gasteiger charge is 2.29. The lowest BCUT2D eigenvalue weighted by atomic mass is 10.1. The summed E-state index contributed by atoms with van der Waals surface area (Å²) in [6, 6.07) is 1.84. The fourth-order valence-electron chi connectivity index (χ4n) is 4.21. The first-order chi connectivity index (χ1) is 15.1. The van der Waals surface area contributed by atoms with Gasteiger partial charge in [0.15, 0.2) is 5.16 Å². The van der Waals surface area contributed by atoms with Crippen molar-refractivity contribution < 1.29 is 14.3 Å². The van der Waals surface area contributed by atoms with Gasteiger partial charge < -0.3 is 19.4 Å². The van der Waals surface area contributed by atoms with Gasteiger partial charge in [0, 0.05) is 51.3 Å². The molecular weight excluding hydrogens is 450 g/mol. The van der Waals surface area contributed by atoms with E-state index in [9.17, 15) is 9.59 Å². The highest BCUT2D eigenvalue weighted by atomic mass is 35.5. The summed E-state index contributed by atoms with van der Waals surface area (Å²) in [5.74, 6) is 1.59. The molecule has 0 spiro atoms. The largest absolute Gasteiger partial charge is 0.372 e. The van der Waals surface area contributed by atoms with Crippen molar-refractivity contribution in [3.8, 4) is 0 Å². The Morgan fingerprint density at radius 2 is 1.81 bits per heavy atom. The van der Waals surface area contributed by atoms with E-state index in [-0.39, 0.29) is 35.8 Å². The first-order valence-electron chi connectivity index (χ1n) is 11.3. The number of hydrogen-bond donors (Lipinski definition) is 0. The van der Waals surface area contributed by atoms with Crippen LogP contribution in [0.5, 0.6) is 0 Å². The first kappa shape index (κ1) is 25.1. The summed E-state index contributed by atoms with van der Waals surface area (Å²) in [6.07, 6.45) is 0.642. The number of halogens is 1. The molecule has 2 aliphatic heterocycles. The minimum atomic E-state index is 0.0369. The Kier molecular flexibility index (Phi) is 8.63. The number of ether oxygens (including phenoxy) is 1. The van der Waals surface area contributed by atoms with Crippen molar-refractivity contribution in [1.29, 1.82) is 0 Å². The van der Waals surface area contributed by atoms with Gasteiger partial charge in [-0.05, 0) is 26.7 Å². The molecule has 0 radical (unpaired) electrons. The molecule has 178 valence electrons. The van der Waals surface area contributed by atoms with E-state index < -0.39 is 0 Å². The summed E-state index contributed by atoms with van der Waals surface area (Å²) in [5.41, 5.74) is 0. The van der Waals surface area contributed by atoms with Gasteiger partial charge in [-0.1, -0.05) is 37.2 Å². The molecule has 0 bridgehead atoms. The fraction of sp³-hybridized carbons (Fsp3) is 0.727. The minimum absolute atomic E-state index is 0.0369. The highest BCUT2D eigenvalue weighted by molar-refractivity contribution is 7.99. The van der Waals surface area contributed by atoms with Gasteiger partial charge in [0.2, 0.25) is 11.8 Å². The zero-order valence-electron chi connectivity index (χ0n) is 19.6. The van der Waals surface area contributed by atoms with Crippen molar-refractivity contribution >= 4 is 41.0 Å². The second-order valence-corrected chi connectivity index (χ2v) is 10.5. The number of rotatable bonds is 6. The molecule has 1 aromatic rings. The second kappa shape index (κ2) is 11.0. The van der Waals surface area contributed by atoms with E-state index >= 15 is 0 Å². The third-order valence-electron chi connectivity index (χ3n) is 5.61. The van der Waals surface area contributed by atoms with Crippen molar-refractivity contribution in [2.24, 2.45) is 5.92 Å². The van der Waals surface area contributed by atoms with E-state index in [0.29, 0.717) is 55.4 Å².